The Hall–Kier alpha value is 0.890. The fourth-order valence-electron chi connectivity index (χ4n) is 3.76. The molecule has 0 aromatic carbocycles. The molecule has 11 nitrogen and oxygen atoms in total. The number of carbonyl (C=O) groups excluding carboxylic acids is 2. The second-order valence-corrected chi connectivity index (χ2v) is 12.9. The molecule has 0 saturated heterocycles. The fraction of sp³-hybridized carbons (Fsp3) is 0.920. The van der Waals surface area contributed by atoms with Gasteiger partial charge in [-0.2, -0.15) is 17.6 Å². The van der Waals surface area contributed by atoms with E-state index in [0.29, 0.717) is 12.8 Å². The number of ether oxygens (including phenoxy) is 1. The number of carbonyl (C=O) groups is 2. The molecule has 0 spiro atoms. The van der Waals surface area contributed by atoms with E-state index in [-0.39, 0.29) is 77.7 Å². The van der Waals surface area contributed by atoms with Gasteiger partial charge in [-0.15, -0.1) is 0 Å². The molecular weight excluding hydrogens is 696 g/mol. The molecule has 260 valence electrons. The molecule has 1 N–H and O–H groups in total. The normalized spacial score (nSPS) is 15.9. The molecule has 0 heterocycles. The SMILES string of the molecule is C.CCN(CC)CC.O=C(Cl)C1CCCCC1.O=C(OCC(F)(F)S(=O)(=O)[O-])C1CCCCC1.O=S(=O)([O-])C(F)(F)CO.[Na+].[Na+]. The minimum absolute atomic E-state index is 0. The molecule has 0 aromatic rings. The van der Waals surface area contributed by atoms with Crippen LogP contribution in [0.15, 0.2) is 0 Å². The summed E-state index contributed by atoms with van der Waals surface area (Å²) >= 11 is 5.32. The van der Waals surface area contributed by atoms with Gasteiger partial charge in [-0.3, -0.25) is 9.59 Å². The zero-order valence-corrected chi connectivity index (χ0v) is 32.4. The molecule has 2 rings (SSSR count). The van der Waals surface area contributed by atoms with Crippen LogP contribution in [0, 0.1) is 11.8 Å². The number of halogens is 5. The van der Waals surface area contributed by atoms with E-state index in [1.807, 2.05) is 0 Å². The summed E-state index contributed by atoms with van der Waals surface area (Å²) in [5.41, 5.74) is 0. The minimum atomic E-state index is -5.79. The number of alkyl halides is 4. The van der Waals surface area contributed by atoms with Gasteiger partial charge in [0.15, 0.2) is 26.8 Å². The third-order valence-electron chi connectivity index (χ3n) is 6.50. The Morgan fingerprint density at radius 3 is 1.31 bits per heavy atom. The number of esters is 1. The van der Waals surface area contributed by atoms with Crippen LogP contribution >= 0.6 is 11.6 Å². The van der Waals surface area contributed by atoms with Gasteiger partial charge in [0.25, 0.3) is 0 Å². The number of aliphatic hydroxyl groups excluding tert-OH is 1. The van der Waals surface area contributed by atoms with Gasteiger partial charge in [0.2, 0.25) is 5.24 Å². The van der Waals surface area contributed by atoms with Gasteiger partial charge < -0.3 is 23.8 Å². The number of rotatable bonds is 10. The van der Waals surface area contributed by atoms with Gasteiger partial charge >= 0.3 is 75.6 Å². The second-order valence-electron chi connectivity index (χ2n) is 9.54. The zero-order chi connectivity index (χ0) is 33.2. The Morgan fingerprint density at radius 2 is 1.11 bits per heavy atom. The van der Waals surface area contributed by atoms with Crippen molar-refractivity contribution < 1.29 is 122 Å². The van der Waals surface area contributed by atoms with Crippen molar-refractivity contribution in [2.75, 3.05) is 32.8 Å². The molecule has 2 saturated carbocycles. The molecule has 0 amide bonds. The monoisotopic (exact) mass is 741 g/mol. The fourth-order valence-corrected chi connectivity index (χ4v) is 4.34. The van der Waals surface area contributed by atoms with Crippen LogP contribution in [0.3, 0.4) is 0 Å². The average Bonchev–Trinajstić information content (AvgIpc) is 2.93. The molecule has 2 aliphatic rings. The van der Waals surface area contributed by atoms with Crippen molar-refractivity contribution >= 4 is 43.0 Å². The Bertz CT molecular complexity index is 992. The van der Waals surface area contributed by atoms with Crippen molar-refractivity contribution in [2.24, 2.45) is 11.8 Å². The largest absolute Gasteiger partial charge is 1.00 e. The molecule has 0 atom stereocenters. The van der Waals surface area contributed by atoms with E-state index in [2.05, 4.69) is 30.4 Å². The van der Waals surface area contributed by atoms with Crippen LogP contribution in [0.25, 0.3) is 0 Å². The summed E-state index contributed by atoms with van der Waals surface area (Å²) in [5.74, 6) is -1.14. The quantitative estimate of drug-likeness (QED) is 0.0924. The van der Waals surface area contributed by atoms with Crippen LogP contribution in [-0.2, 0) is 34.6 Å². The van der Waals surface area contributed by atoms with E-state index in [4.69, 9.17) is 16.7 Å². The molecule has 20 heteroatoms. The van der Waals surface area contributed by atoms with Gasteiger partial charge in [0, 0.05) is 5.92 Å². The van der Waals surface area contributed by atoms with Crippen LogP contribution < -0.4 is 59.1 Å². The van der Waals surface area contributed by atoms with Crippen LogP contribution in [0.2, 0.25) is 0 Å². The average molecular weight is 742 g/mol. The zero-order valence-electron chi connectivity index (χ0n) is 26.0. The van der Waals surface area contributed by atoms with Gasteiger partial charge in [0.1, 0.15) is 6.61 Å². The molecule has 0 unspecified atom stereocenters. The van der Waals surface area contributed by atoms with Gasteiger partial charge in [-0.25, -0.2) is 16.8 Å². The number of aliphatic hydroxyl groups is 1. The summed E-state index contributed by atoms with van der Waals surface area (Å²) in [6.07, 6.45) is 9.39. The molecular formula is C25H46ClF4NNa2O10S2. The summed E-state index contributed by atoms with van der Waals surface area (Å²) in [6.45, 7) is 6.45. The third kappa shape index (κ3) is 24.6. The maximum atomic E-state index is 12.7. The van der Waals surface area contributed by atoms with E-state index in [9.17, 15) is 53.1 Å². The van der Waals surface area contributed by atoms with E-state index in [0.717, 1.165) is 32.1 Å². The summed E-state index contributed by atoms with van der Waals surface area (Å²) in [7, 11) is -11.5. The topological polar surface area (TPSA) is 181 Å². The van der Waals surface area contributed by atoms with Crippen LogP contribution in [0.1, 0.15) is 92.4 Å². The molecule has 45 heavy (non-hydrogen) atoms. The summed E-state index contributed by atoms with van der Waals surface area (Å²) in [6, 6.07) is 0. The van der Waals surface area contributed by atoms with Crippen LogP contribution in [-0.4, -0.2) is 90.5 Å². The predicted molar refractivity (Wildman–Crippen MR) is 152 cm³/mol. The number of nitrogens with zero attached hydrogens (tertiary/aromatic N) is 1. The van der Waals surface area contributed by atoms with E-state index in [1.165, 1.54) is 38.9 Å². The van der Waals surface area contributed by atoms with Crippen molar-refractivity contribution in [3.63, 3.8) is 0 Å². The Balaban J connectivity index is -0.000000165. The number of hydrogen-bond donors (Lipinski definition) is 1. The van der Waals surface area contributed by atoms with Crippen LogP contribution in [0.5, 0.6) is 0 Å². The molecule has 0 bridgehead atoms. The Morgan fingerprint density at radius 1 is 0.778 bits per heavy atom. The van der Waals surface area contributed by atoms with Crippen LogP contribution in [0.4, 0.5) is 17.6 Å². The van der Waals surface area contributed by atoms with Crippen molar-refractivity contribution in [1.29, 1.82) is 0 Å². The number of hydrogen-bond acceptors (Lipinski definition) is 11. The molecule has 0 radical (unpaired) electrons. The Labute approximate surface area is 315 Å². The summed E-state index contributed by atoms with van der Waals surface area (Å²) in [5, 5.41) is -1.64. The summed E-state index contributed by atoms with van der Waals surface area (Å²) in [4.78, 5) is 24.3. The van der Waals surface area contributed by atoms with Gasteiger partial charge in [-0.1, -0.05) is 66.7 Å². The van der Waals surface area contributed by atoms with Crippen molar-refractivity contribution in [2.45, 2.75) is 103 Å². The van der Waals surface area contributed by atoms with Crippen molar-refractivity contribution in [3.05, 3.63) is 0 Å². The molecule has 0 aromatic heterocycles. The first-order valence-corrected chi connectivity index (χ1v) is 16.8. The molecule has 2 aliphatic carbocycles. The first kappa shape index (κ1) is 55.3. The maximum absolute atomic E-state index is 12.7. The second kappa shape index (κ2) is 27.7. The molecule has 0 aliphatic heterocycles. The van der Waals surface area contributed by atoms with Crippen molar-refractivity contribution in [1.82, 2.24) is 4.90 Å². The molecule has 2 fully saturated rings. The Kier molecular flexibility index (Phi) is 34.0. The van der Waals surface area contributed by atoms with E-state index < -0.39 is 55.8 Å². The standard InChI is InChI=1S/C9H14F2O5S.C7H11ClO.C6H15N.C2H4F2O4S.CH4.2Na/c10-9(11,17(13,14)15)6-16-8(12)7-4-2-1-3-5-7;8-7(9)6-4-2-1-3-5-6;1-4-7(5-2)6-3;3-2(4,1-5)9(6,7)8;;;/h7H,1-6H2,(H,13,14,15);6H,1-5H2;4-6H2,1-3H3;5H,1H2,(H,6,7,8);1H4;;/q;;;;;2*+1/p-2. The predicted octanol–water partition coefficient (Wildman–Crippen LogP) is -1.31. The van der Waals surface area contributed by atoms with E-state index >= 15 is 0 Å². The summed E-state index contributed by atoms with van der Waals surface area (Å²) < 4.78 is 111. The minimum Gasteiger partial charge on any atom is -0.743 e. The van der Waals surface area contributed by atoms with Gasteiger partial charge in [-0.05, 0) is 56.9 Å². The first-order valence-electron chi connectivity index (χ1n) is 13.6. The van der Waals surface area contributed by atoms with Crippen molar-refractivity contribution in [3.8, 4) is 0 Å². The van der Waals surface area contributed by atoms with Gasteiger partial charge in [0.05, 0.1) is 5.92 Å². The maximum Gasteiger partial charge on any atom is 1.00 e. The smallest absolute Gasteiger partial charge is 0.743 e. The van der Waals surface area contributed by atoms with E-state index in [1.54, 1.807) is 0 Å². The first-order chi connectivity index (χ1) is 19.2. The third-order valence-corrected chi connectivity index (χ3v) is 8.52.